The molecule has 4 aromatic rings. The Morgan fingerprint density at radius 3 is 2.15 bits per heavy atom. The molecule has 6 heterocycles. The molecule has 0 aromatic heterocycles. The van der Waals surface area contributed by atoms with Gasteiger partial charge < -0.3 is 28.4 Å². The van der Waals surface area contributed by atoms with Gasteiger partial charge in [-0.2, -0.15) is 0 Å². The molecule has 1 unspecified atom stereocenters. The molecular formula is C38H40N2O6. The van der Waals surface area contributed by atoms with Crippen LogP contribution in [-0.2, 0) is 32.3 Å². The lowest BCUT2D eigenvalue weighted by Crippen LogP contribution is -2.34. The summed E-state index contributed by atoms with van der Waals surface area (Å²) in [7, 11) is 8.88. The van der Waals surface area contributed by atoms with E-state index < -0.39 is 0 Å². The van der Waals surface area contributed by atoms with Crippen LogP contribution < -0.4 is 28.4 Å². The van der Waals surface area contributed by atoms with Crippen LogP contribution in [0.3, 0.4) is 0 Å². The fourth-order valence-corrected chi connectivity index (χ4v) is 6.97. The standard InChI is InChI=1S/C38H40N2O6/c1-40-17-15-27-21-31(41-2)35(43-4)38-34(27)30(40)19-24-6-8-25(9-7-24)22-45-36-32(42-3)20-26-14-16-39-29(33(26)37(36)44-5)18-23-10-12-28(46-38)13-11-23/h6-13,20-21,30H,14-19,22H2,1-5H3. The van der Waals surface area contributed by atoms with Crippen LogP contribution in [0.2, 0.25) is 0 Å². The van der Waals surface area contributed by atoms with Crippen molar-refractivity contribution in [1.29, 1.82) is 0 Å². The molecule has 0 aliphatic carbocycles. The molecule has 8 heteroatoms. The van der Waals surface area contributed by atoms with Crippen molar-refractivity contribution >= 4 is 5.71 Å². The van der Waals surface area contributed by atoms with Gasteiger partial charge in [0.25, 0.3) is 0 Å². The third-order valence-electron chi connectivity index (χ3n) is 9.38. The summed E-state index contributed by atoms with van der Waals surface area (Å²) in [4.78, 5) is 7.37. The number of hydrogen-bond donors (Lipinski definition) is 0. The van der Waals surface area contributed by atoms with Gasteiger partial charge in [0.05, 0.1) is 34.2 Å². The van der Waals surface area contributed by atoms with E-state index in [-0.39, 0.29) is 6.04 Å². The monoisotopic (exact) mass is 620 g/mol. The Kier molecular flexibility index (Phi) is 8.21. The maximum Gasteiger partial charge on any atom is 0.204 e. The van der Waals surface area contributed by atoms with E-state index in [1.807, 2.05) is 12.1 Å². The largest absolute Gasteiger partial charge is 0.493 e. The van der Waals surface area contributed by atoms with Gasteiger partial charge in [-0.05, 0) is 78.4 Å². The Balaban J connectivity index is 1.38. The zero-order valence-corrected chi connectivity index (χ0v) is 27.1. The van der Waals surface area contributed by atoms with Gasteiger partial charge in [-0.1, -0.05) is 36.4 Å². The van der Waals surface area contributed by atoms with Gasteiger partial charge in [-0.15, -0.1) is 0 Å². The molecule has 8 nitrogen and oxygen atoms in total. The van der Waals surface area contributed by atoms with Crippen molar-refractivity contribution < 1.29 is 28.4 Å². The highest BCUT2D eigenvalue weighted by molar-refractivity contribution is 6.07. The minimum atomic E-state index is 0.0836. The third-order valence-corrected chi connectivity index (χ3v) is 9.38. The molecule has 6 bridgehead atoms. The number of likely N-dealkylation sites (N-methyl/N-ethyl adjacent to an activating group) is 1. The predicted octanol–water partition coefficient (Wildman–Crippen LogP) is 6.77. The lowest BCUT2D eigenvalue weighted by molar-refractivity contribution is 0.221. The van der Waals surface area contributed by atoms with E-state index in [0.717, 1.165) is 65.1 Å². The highest BCUT2D eigenvalue weighted by Gasteiger charge is 2.33. The van der Waals surface area contributed by atoms with E-state index in [1.54, 1.807) is 28.4 Å². The molecule has 0 fully saturated rings. The second-order valence-electron chi connectivity index (χ2n) is 12.0. The van der Waals surface area contributed by atoms with Crippen molar-refractivity contribution in [3.8, 4) is 40.2 Å². The van der Waals surface area contributed by atoms with Gasteiger partial charge in [-0.3, -0.25) is 9.89 Å². The lowest BCUT2D eigenvalue weighted by Gasteiger charge is -2.36. The summed E-state index contributed by atoms with van der Waals surface area (Å²) in [5.74, 6) is 4.63. The lowest BCUT2D eigenvalue weighted by atomic mass is 9.87. The Bertz CT molecular complexity index is 1780. The Morgan fingerprint density at radius 1 is 0.739 bits per heavy atom. The summed E-state index contributed by atoms with van der Waals surface area (Å²) in [5, 5.41) is 0. The van der Waals surface area contributed by atoms with Crippen molar-refractivity contribution in [2.75, 3.05) is 48.6 Å². The van der Waals surface area contributed by atoms with Gasteiger partial charge in [0.2, 0.25) is 11.5 Å². The normalized spacial score (nSPS) is 17.2. The van der Waals surface area contributed by atoms with Crippen molar-refractivity contribution in [3.05, 3.63) is 99.6 Å². The predicted molar refractivity (Wildman–Crippen MR) is 178 cm³/mol. The van der Waals surface area contributed by atoms with Crippen LogP contribution >= 0.6 is 0 Å². The summed E-state index contributed by atoms with van der Waals surface area (Å²) in [5.41, 5.74) is 8.84. The molecule has 46 heavy (non-hydrogen) atoms. The zero-order valence-electron chi connectivity index (χ0n) is 27.1. The summed E-state index contributed by atoms with van der Waals surface area (Å²) in [6.07, 6.45) is 3.15. The SMILES string of the molecule is COc1cc2c3c(OC)c1OCc1ccc(cc1)CC1c4c(cc(OC)c(OC)c4Oc4ccc(cc4)CC3=NCC2)CCN1C. The smallest absolute Gasteiger partial charge is 0.204 e. The molecule has 0 saturated heterocycles. The first-order valence-electron chi connectivity index (χ1n) is 15.8. The molecule has 0 radical (unpaired) electrons. The van der Waals surface area contributed by atoms with Crippen molar-refractivity contribution in [2.45, 2.75) is 38.3 Å². The quantitative estimate of drug-likeness (QED) is 0.250. The van der Waals surface area contributed by atoms with Crippen LogP contribution in [0.1, 0.15) is 45.0 Å². The van der Waals surface area contributed by atoms with E-state index in [1.165, 1.54) is 11.1 Å². The third kappa shape index (κ3) is 5.41. The minimum Gasteiger partial charge on any atom is -0.493 e. The van der Waals surface area contributed by atoms with E-state index in [4.69, 9.17) is 33.4 Å². The maximum absolute atomic E-state index is 6.75. The second-order valence-corrected chi connectivity index (χ2v) is 12.0. The Morgan fingerprint density at radius 2 is 1.43 bits per heavy atom. The second kappa shape index (κ2) is 12.6. The number of methoxy groups -OCH3 is 4. The molecule has 6 aliphatic rings. The Labute approximate surface area is 270 Å². The zero-order chi connectivity index (χ0) is 31.8. The van der Waals surface area contributed by atoms with Crippen LogP contribution in [0, 0.1) is 0 Å². The molecule has 1 atom stereocenters. The van der Waals surface area contributed by atoms with Gasteiger partial charge in [0.1, 0.15) is 12.4 Å². The molecule has 238 valence electrons. The average molecular weight is 621 g/mol. The molecular weight excluding hydrogens is 580 g/mol. The van der Waals surface area contributed by atoms with Crippen LogP contribution in [0.5, 0.6) is 40.2 Å². The maximum atomic E-state index is 6.75. The summed E-state index contributed by atoms with van der Waals surface area (Å²) in [6, 6.07) is 21.1. The van der Waals surface area contributed by atoms with Crippen molar-refractivity contribution in [2.24, 2.45) is 4.99 Å². The molecule has 0 saturated carbocycles. The number of benzene rings is 4. The van der Waals surface area contributed by atoms with Gasteiger partial charge in [-0.25, -0.2) is 0 Å². The van der Waals surface area contributed by atoms with E-state index in [0.29, 0.717) is 54.1 Å². The van der Waals surface area contributed by atoms with Gasteiger partial charge >= 0.3 is 0 Å². The van der Waals surface area contributed by atoms with E-state index in [2.05, 4.69) is 60.5 Å². The highest BCUT2D eigenvalue weighted by Crippen LogP contribution is 2.50. The topological polar surface area (TPSA) is 71.0 Å². The average Bonchev–Trinajstić information content (AvgIpc) is 3.08. The first kappa shape index (κ1) is 30.0. The van der Waals surface area contributed by atoms with Crippen molar-refractivity contribution in [1.82, 2.24) is 4.90 Å². The highest BCUT2D eigenvalue weighted by atomic mass is 16.5. The molecule has 0 spiro atoms. The molecule has 6 aliphatic heterocycles. The Hall–Kier alpha value is -4.69. The first-order valence-corrected chi connectivity index (χ1v) is 15.8. The number of ether oxygens (including phenoxy) is 6. The fourth-order valence-electron chi connectivity index (χ4n) is 6.97. The van der Waals surface area contributed by atoms with E-state index in [9.17, 15) is 0 Å². The van der Waals surface area contributed by atoms with E-state index >= 15 is 0 Å². The van der Waals surface area contributed by atoms with Crippen LogP contribution in [0.25, 0.3) is 0 Å². The fraction of sp³-hybridized carbons (Fsp3) is 0.342. The van der Waals surface area contributed by atoms with Crippen LogP contribution in [-0.4, -0.2) is 59.2 Å². The minimum absolute atomic E-state index is 0.0836. The van der Waals surface area contributed by atoms with Gasteiger partial charge in [0.15, 0.2) is 23.0 Å². The number of aliphatic imine (C=N–C) groups is 1. The van der Waals surface area contributed by atoms with Crippen molar-refractivity contribution in [3.63, 3.8) is 0 Å². The number of nitrogens with zero attached hydrogens (tertiary/aromatic N) is 2. The van der Waals surface area contributed by atoms with Gasteiger partial charge in [0, 0.05) is 36.7 Å². The summed E-state index contributed by atoms with van der Waals surface area (Å²) >= 11 is 0. The number of hydrogen-bond acceptors (Lipinski definition) is 8. The first-order chi connectivity index (χ1) is 22.5. The molecule has 0 amide bonds. The molecule has 10 rings (SSSR count). The van der Waals surface area contributed by atoms with Crippen LogP contribution in [0.4, 0.5) is 0 Å². The summed E-state index contributed by atoms with van der Waals surface area (Å²) in [6.45, 7) is 2.02. The summed E-state index contributed by atoms with van der Waals surface area (Å²) < 4.78 is 36.8. The van der Waals surface area contributed by atoms with Crippen LogP contribution in [0.15, 0.2) is 65.7 Å². The molecule has 4 aromatic carbocycles. The molecule has 0 N–H and O–H groups in total. The number of rotatable bonds is 4.